The Balaban J connectivity index is 2.23. The van der Waals surface area contributed by atoms with Gasteiger partial charge in [-0.2, -0.15) is 0 Å². The van der Waals surface area contributed by atoms with Crippen molar-refractivity contribution < 1.29 is 23.8 Å². The molecule has 0 unspecified atom stereocenters. The topological polar surface area (TPSA) is 117 Å². The van der Waals surface area contributed by atoms with Crippen LogP contribution in [0.15, 0.2) is 15.8 Å². The van der Waals surface area contributed by atoms with E-state index in [2.05, 4.69) is 4.98 Å². The summed E-state index contributed by atoms with van der Waals surface area (Å²) in [7, 11) is 0. The summed E-state index contributed by atoms with van der Waals surface area (Å²) in [5.41, 5.74) is -0.752. The predicted molar refractivity (Wildman–Crippen MR) is 76.8 cm³/mol. The normalized spacial score (nSPS) is 23.5. The summed E-state index contributed by atoms with van der Waals surface area (Å²) in [5, 5.41) is 0. The summed E-state index contributed by atoms with van der Waals surface area (Å²) in [6, 6.07) is 0. The Morgan fingerprint density at radius 3 is 2.65 bits per heavy atom. The van der Waals surface area contributed by atoms with Crippen LogP contribution in [0, 0.1) is 6.92 Å². The summed E-state index contributed by atoms with van der Waals surface area (Å²) in [6.07, 6.45) is -0.493. The number of carbonyl (C=O) groups excluding carboxylic acids is 2. The molecule has 9 heteroatoms. The van der Waals surface area contributed by atoms with Crippen molar-refractivity contribution in [2.75, 3.05) is 6.61 Å². The van der Waals surface area contributed by atoms with E-state index in [4.69, 9.17) is 14.2 Å². The van der Waals surface area contributed by atoms with E-state index in [1.807, 2.05) is 0 Å². The molecule has 2 rings (SSSR count). The highest BCUT2D eigenvalue weighted by molar-refractivity contribution is 5.66. The van der Waals surface area contributed by atoms with Crippen molar-refractivity contribution in [1.29, 1.82) is 0 Å². The van der Waals surface area contributed by atoms with Gasteiger partial charge in [-0.05, 0) is 6.92 Å². The average molecular weight is 326 g/mol. The standard InChI is InChI=1S/C14H18N2O7/c1-7-5-16(14(20)15-13(7)19)12-4-10(22-9(3)18)11(23-12)6-21-8(2)17/h5,10-12H,4,6H2,1-3H3,(H,15,19,20)/t10-,11+,12+/m0/s1. The van der Waals surface area contributed by atoms with Crippen LogP contribution in [0.3, 0.4) is 0 Å². The van der Waals surface area contributed by atoms with E-state index in [-0.39, 0.29) is 13.0 Å². The van der Waals surface area contributed by atoms with Crippen molar-refractivity contribution >= 4 is 11.9 Å². The summed E-state index contributed by atoms with van der Waals surface area (Å²) in [6.45, 7) is 3.97. The lowest BCUT2D eigenvalue weighted by atomic mass is 10.2. The van der Waals surface area contributed by atoms with E-state index in [0.29, 0.717) is 5.56 Å². The van der Waals surface area contributed by atoms with Crippen LogP contribution in [0.25, 0.3) is 0 Å². The Hall–Kier alpha value is -2.42. The minimum Gasteiger partial charge on any atom is -0.463 e. The molecule has 2 heterocycles. The first-order chi connectivity index (χ1) is 10.8. The molecule has 0 amide bonds. The van der Waals surface area contributed by atoms with Crippen LogP contribution < -0.4 is 11.2 Å². The van der Waals surface area contributed by atoms with E-state index in [0.717, 1.165) is 0 Å². The second-order valence-corrected chi connectivity index (χ2v) is 5.29. The lowest BCUT2D eigenvalue weighted by Gasteiger charge is -2.17. The summed E-state index contributed by atoms with van der Waals surface area (Å²) >= 11 is 0. The number of aryl methyl sites for hydroxylation is 1. The van der Waals surface area contributed by atoms with Gasteiger partial charge in [0, 0.05) is 32.0 Å². The fourth-order valence-electron chi connectivity index (χ4n) is 2.36. The molecule has 0 saturated carbocycles. The maximum atomic E-state index is 11.9. The third-order valence-corrected chi connectivity index (χ3v) is 3.40. The molecule has 0 spiro atoms. The van der Waals surface area contributed by atoms with Crippen LogP contribution in [0.5, 0.6) is 0 Å². The number of nitrogens with one attached hydrogen (secondary N) is 1. The highest BCUT2D eigenvalue weighted by atomic mass is 16.6. The van der Waals surface area contributed by atoms with Crippen LogP contribution in [0.4, 0.5) is 0 Å². The Kier molecular flexibility index (Phi) is 4.99. The Labute approximate surface area is 131 Å². The molecule has 1 N–H and O–H groups in total. The van der Waals surface area contributed by atoms with E-state index < -0.39 is 41.6 Å². The van der Waals surface area contributed by atoms with Gasteiger partial charge in [0.25, 0.3) is 5.56 Å². The molecule has 3 atom stereocenters. The zero-order valence-corrected chi connectivity index (χ0v) is 13.0. The first kappa shape index (κ1) is 16.9. The fourth-order valence-corrected chi connectivity index (χ4v) is 2.36. The molecular formula is C14H18N2O7. The Bertz CT molecular complexity index is 721. The largest absolute Gasteiger partial charge is 0.463 e. The highest BCUT2D eigenvalue weighted by Gasteiger charge is 2.39. The highest BCUT2D eigenvalue weighted by Crippen LogP contribution is 2.30. The third kappa shape index (κ3) is 4.07. The second-order valence-electron chi connectivity index (χ2n) is 5.29. The van der Waals surface area contributed by atoms with Gasteiger partial charge in [-0.25, -0.2) is 4.79 Å². The van der Waals surface area contributed by atoms with Gasteiger partial charge >= 0.3 is 17.6 Å². The average Bonchev–Trinajstić information content (AvgIpc) is 2.82. The van der Waals surface area contributed by atoms with Gasteiger partial charge in [-0.1, -0.05) is 0 Å². The summed E-state index contributed by atoms with van der Waals surface area (Å²) in [5.74, 6) is -0.993. The number of hydrogen-bond donors (Lipinski definition) is 1. The molecule has 23 heavy (non-hydrogen) atoms. The van der Waals surface area contributed by atoms with Gasteiger partial charge < -0.3 is 14.2 Å². The maximum Gasteiger partial charge on any atom is 0.330 e. The van der Waals surface area contributed by atoms with E-state index in [1.54, 1.807) is 6.92 Å². The minimum absolute atomic E-state index is 0.0964. The fraction of sp³-hybridized carbons (Fsp3) is 0.571. The van der Waals surface area contributed by atoms with Crippen LogP contribution in [-0.4, -0.2) is 40.3 Å². The van der Waals surface area contributed by atoms with Crippen molar-refractivity contribution in [3.05, 3.63) is 32.6 Å². The molecule has 1 aromatic heterocycles. The lowest BCUT2D eigenvalue weighted by Crippen LogP contribution is -2.33. The molecule has 9 nitrogen and oxygen atoms in total. The van der Waals surface area contributed by atoms with Crippen LogP contribution >= 0.6 is 0 Å². The number of H-pyrrole nitrogens is 1. The zero-order valence-electron chi connectivity index (χ0n) is 13.0. The van der Waals surface area contributed by atoms with Crippen LogP contribution in [-0.2, 0) is 23.8 Å². The van der Waals surface area contributed by atoms with Gasteiger partial charge in [0.05, 0.1) is 0 Å². The quantitative estimate of drug-likeness (QED) is 0.750. The zero-order chi connectivity index (χ0) is 17.1. The second kappa shape index (κ2) is 6.78. The SMILES string of the molecule is CC(=O)OC[C@H]1O[C@@H](n2cc(C)c(=O)[nH]c2=O)C[C@@H]1OC(C)=O. The molecule has 1 aliphatic heterocycles. The van der Waals surface area contributed by atoms with Crippen molar-refractivity contribution in [3.63, 3.8) is 0 Å². The van der Waals surface area contributed by atoms with Crippen LogP contribution in [0.2, 0.25) is 0 Å². The molecule has 0 aromatic carbocycles. The number of hydrogen-bond acceptors (Lipinski definition) is 7. The van der Waals surface area contributed by atoms with Crippen molar-refractivity contribution in [1.82, 2.24) is 9.55 Å². The molecule has 1 aliphatic rings. The smallest absolute Gasteiger partial charge is 0.330 e. The molecule has 0 aliphatic carbocycles. The number of esters is 2. The van der Waals surface area contributed by atoms with Gasteiger partial charge in [0.2, 0.25) is 0 Å². The number of aromatic amines is 1. The summed E-state index contributed by atoms with van der Waals surface area (Å²) < 4.78 is 17.0. The number of rotatable bonds is 4. The van der Waals surface area contributed by atoms with E-state index >= 15 is 0 Å². The molecule has 0 radical (unpaired) electrons. The van der Waals surface area contributed by atoms with Crippen molar-refractivity contribution in [2.45, 2.75) is 45.6 Å². The van der Waals surface area contributed by atoms with E-state index in [1.165, 1.54) is 24.6 Å². The molecule has 1 aromatic rings. The van der Waals surface area contributed by atoms with Crippen molar-refractivity contribution in [2.24, 2.45) is 0 Å². The molecule has 1 fully saturated rings. The molecular weight excluding hydrogens is 308 g/mol. The molecule has 1 saturated heterocycles. The first-order valence-corrected chi connectivity index (χ1v) is 7.06. The number of aromatic nitrogens is 2. The maximum absolute atomic E-state index is 11.9. The molecule has 126 valence electrons. The predicted octanol–water partition coefficient (Wildman–Crippen LogP) is -0.373. The third-order valence-electron chi connectivity index (χ3n) is 3.40. The van der Waals surface area contributed by atoms with Gasteiger partial charge in [-0.15, -0.1) is 0 Å². The number of carbonyl (C=O) groups is 2. The number of nitrogens with zero attached hydrogens (tertiary/aromatic N) is 1. The number of ether oxygens (including phenoxy) is 3. The monoisotopic (exact) mass is 326 g/mol. The van der Waals surface area contributed by atoms with Gasteiger partial charge in [-0.3, -0.25) is 23.9 Å². The van der Waals surface area contributed by atoms with E-state index in [9.17, 15) is 19.2 Å². The first-order valence-electron chi connectivity index (χ1n) is 7.06. The lowest BCUT2D eigenvalue weighted by molar-refractivity contribution is -0.155. The summed E-state index contributed by atoms with van der Waals surface area (Å²) in [4.78, 5) is 47.6. The van der Waals surface area contributed by atoms with Crippen molar-refractivity contribution in [3.8, 4) is 0 Å². The minimum atomic E-state index is -0.733. The molecule has 0 bridgehead atoms. The Morgan fingerprint density at radius 2 is 2.04 bits per heavy atom. The van der Waals surface area contributed by atoms with Gasteiger partial charge in [0.1, 0.15) is 25.0 Å². The van der Waals surface area contributed by atoms with Crippen LogP contribution in [0.1, 0.15) is 32.1 Å². The van der Waals surface area contributed by atoms with Gasteiger partial charge in [0.15, 0.2) is 0 Å². The Morgan fingerprint density at radius 1 is 1.35 bits per heavy atom.